The van der Waals surface area contributed by atoms with Crippen molar-refractivity contribution in [3.8, 4) is 0 Å². The Morgan fingerprint density at radius 3 is 2.35 bits per heavy atom. The van der Waals surface area contributed by atoms with Crippen molar-refractivity contribution in [3.63, 3.8) is 0 Å². The molecular formula is C18H33N3O2. The van der Waals surface area contributed by atoms with E-state index in [1.807, 2.05) is 52.9 Å². The number of nitrogens with two attached hydrogens (primary N) is 1. The van der Waals surface area contributed by atoms with Gasteiger partial charge in [0.05, 0.1) is 5.60 Å². The number of carbonyl (C=O) groups excluding carboxylic acids is 1. The summed E-state index contributed by atoms with van der Waals surface area (Å²) in [5, 5.41) is 2.73. The van der Waals surface area contributed by atoms with Crippen LogP contribution in [0.1, 0.15) is 59.9 Å². The van der Waals surface area contributed by atoms with Gasteiger partial charge in [0.2, 0.25) is 6.41 Å². The molecule has 132 valence electrons. The third-order valence-electron chi connectivity index (χ3n) is 3.58. The molecule has 1 heterocycles. The molecule has 1 aromatic rings. The summed E-state index contributed by atoms with van der Waals surface area (Å²) in [5.41, 5.74) is 6.51. The molecule has 1 amide bonds. The van der Waals surface area contributed by atoms with Crippen molar-refractivity contribution in [2.45, 2.75) is 65.4 Å². The first kappa shape index (κ1) is 21.4. The van der Waals surface area contributed by atoms with Crippen molar-refractivity contribution >= 4 is 12.2 Å². The molecular weight excluding hydrogens is 290 g/mol. The van der Waals surface area contributed by atoms with Crippen LogP contribution in [0, 0.1) is 0 Å². The molecule has 1 unspecified atom stereocenters. The van der Waals surface area contributed by atoms with Crippen LogP contribution in [0.25, 0.3) is 0 Å². The van der Waals surface area contributed by atoms with E-state index in [9.17, 15) is 4.79 Å². The van der Waals surface area contributed by atoms with Gasteiger partial charge in [-0.25, -0.2) is 4.98 Å². The summed E-state index contributed by atoms with van der Waals surface area (Å²) < 4.78 is 5.84. The Hall–Kier alpha value is -1.62. The highest BCUT2D eigenvalue weighted by atomic mass is 16.5. The average Bonchev–Trinajstić information content (AvgIpc) is 2.49. The lowest BCUT2D eigenvalue weighted by molar-refractivity contribution is -0.109. The molecule has 0 spiro atoms. The first-order valence-corrected chi connectivity index (χ1v) is 8.30. The molecule has 0 saturated carbocycles. The molecule has 1 rings (SSSR count). The standard InChI is InChI=1S/C16H27N3O2.C2H6/c1-15(2,3)21-10-8-16(4,7-9-18-12-20)13-5-6-14(17)19-11-13;1-2/h5-6,11-12H,7-10H2,1-4H3,(H2,17,19)(H,18,20);1-2H3. The number of rotatable bonds is 8. The van der Waals surface area contributed by atoms with Crippen LogP contribution in [0.5, 0.6) is 0 Å². The summed E-state index contributed by atoms with van der Waals surface area (Å²) in [4.78, 5) is 14.6. The van der Waals surface area contributed by atoms with Crippen LogP contribution >= 0.6 is 0 Å². The fourth-order valence-corrected chi connectivity index (χ4v) is 2.17. The average molecular weight is 323 g/mol. The zero-order valence-corrected chi connectivity index (χ0v) is 15.5. The molecule has 3 N–H and O–H groups in total. The molecule has 0 fully saturated rings. The summed E-state index contributed by atoms with van der Waals surface area (Å²) in [6, 6.07) is 3.81. The fraction of sp³-hybridized carbons (Fsp3) is 0.667. The fourth-order valence-electron chi connectivity index (χ4n) is 2.17. The summed E-state index contributed by atoms with van der Waals surface area (Å²) in [5.74, 6) is 0.512. The van der Waals surface area contributed by atoms with Gasteiger partial charge in [-0.1, -0.05) is 26.8 Å². The SMILES string of the molecule is CC.CC(C)(C)OCCC(C)(CCNC=O)c1ccc(N)nc1. The Morgan fingerprint density at radius 2 is 1.87 bits per heavy atom. The highest BCUT2D eigenvalue weighted by Gasteiger charge is 2.27. The largest absolute Gasteiger partial charge is 0.384 e. The van der Waals surface area contributed by atoms with Gasteiger partial charge in [0.15, 0.2) is 0 Å². The van der Waals surface area contributed by atoms with Crippen molar-refractivity contribution in [3.05, 3.63) is 23.9 Å². The maximum Gasteiger partial charge on any atom is 0.207 e. The van der Waals surface area contributed by atoms with Crippen LogP contribution in [0.3, 0.4) is 0 Å². The minimum Gasteiger partial charge on any atom is -0.384 e. The zero-order chi connectivity index (χ0) is 17.9. The minimum absolute atomic E-state index is 0.109. The second kappa shape index (κ2) is 10.2. The molecule has 0 aliphatic heterocycles. The zero-order valence-electron chi connectivity index (χ0n) is 15.5. The van der Waals surface area contributed by atoms with Crippen LogP contribution < -0.4 is 11.1 Å². The van der Waals surface area contributed by atoms with E-state index in [-0.39, 0.29) is 11.0 Å². The highest BCUT2D eigenvalue weighted by molar-refractivity contribution is 5.45. The predicted octanol–water partition coefficient (Wildman–Crippen LogP) is 3.29. The van der Waals surface area contributed by atoms with E-state index in [2.05, 4.69) is 17.2 Å². The normalized spacial score (nSPS) is 13.5. The van der Waals surface area contributed by atoms with E-state index < -0.39 is 0 Å². The van der Waals surface area contributed by atoms with Gasteiger partial charge in [-0.3, -0.25) is 4.79 Å². The van der Waals surface area contributed by atoms with Gasteiger partial charge in [0, 0.05) is 19.3 Å². The molecule has 0 aliphatic carbocycles. The lowest BCUT2D eigenvalue weighted by atomic mass is 9.77. The first-order valence-electron chi connectivity index (χ1n) is 8.30. The number of ether oxygens (including phenoxy) is 1. The molecule has 5 nitrogen and oxygen atoms in total. The number of hydrogen-bond acceptors (Lipinski definition) is 4. The Labute approximate surface area is 141 Å². The summed E-state index contributed by atoms with van der Waals surface area (Å²) in [7, 11) is 0. The second-order valence-corrected chi connectivity index (χ2v) is 6.57. The van der Waals surface area contributed by atoms with Crippen molar-refractivity contribution in [2.75, 3.05) is 18.9 Å². The lowest BCUT2D eigenvalue weighted by Crippen LogP contribution is -2.31. The Bertz CT molecular complexity index is 441. The summed E-state index contributed by atoms with van der Waals surface area (Å²) >= 11 is 0. The molecule has 0 bridgehead atoms. The van der Waals surface area contributed by atoms with Gasteiger partial charge in [-0.15, -0.1) is 0 Å². The van der Waals surface area contributed by atoms with Gasteiger partial charge in [-0.05, 0) is 50.7 Å². The van der Waals surface area contributed by atoms with Crippen molar-refractivity contribution in [2.24, 2.45) is 0 Å². The number of aromatic nitrogens is 1. The third kappa shape index (κ3) is 8.55. The molecule has 0 aliphatic rings. The maximum absolute atomic E-state index is 10.5. The number of nitrogen functional groups attached to an aromatic ring is 1. The number of nitrogens with one attached hydrogen (secondary N) is 1. The molecule has 0 aromatic carbocycles. The van der Waals surface area contributed by atoms with Gasteiger partial charge >= 0.3 is 0 Å². The molecule has 5 heteroatoms. The van der Waals surface area contributed by atoms with E-state index in [0.29, 0.717) is 19.0 Å². The predicted molar refractivity (Wildman–Crippen MR) is 96.4 cm³/mol. The van der Waals surface area contributed by atoms with Gasteiger partial charge in [0.1, 0.15) is 5.82 Å². The number of hydrogen-bond donors (Lipinski definition) is 2. The number of carbonyl (C=O) groups is 1. The van der Waals surface area contributed by atoms with E-state index >= 15 is 0 Å². The third-order valence-corrected chi connectivity index (χ3v) is 3.58. The quantitative estimate of drug-likeness (QED) is 0.568. The van der Waals surface area contributed by atoms with Crippen LogP contribution in [0.4, 0.5) is 5.82 Å². The molecule has 23 heavy (non-hydrogen) atoms. The number of pyridine rings is 1. The summed E-state index contributed by atoms with van der Waals surface area (Å²) in [6.07, 6.45) is 4.22. The van der Waals surface area contributed by atoms with Crippen LogP contribution in [0.15, 0.2) is 18.3 Å². The van der Waals surface area contributed by atoms with Crippen molar-refractivity contribution < 1.29 is 9.53 Å². The van der Waals surface area contributed by atoms with Crippen LogP contribution in [-0.4, -0.2) is 30.1 Å². The minimum atomic E-state index is -0.151. The molecule has 1 aromatic heterocycles. The summed E-state index contributed by atoms with van der Waals surface area (Å²) in [6.45, 7) is 13.6. The van der Waals surface area contributed by atoms with Crippen LogP contribution in [0.2, 0.25) is 0 Å². The van der Waals surface area contributed by atoms with Crippen molar-refractivity contribution in [1.82, 2.24) is 10.3 Å². The van der Waals surface area contributed by atoms with Gasteiger partial charge in [-0.2, -0.15) is 0 Å². The monoisotopic (exact) mass is 323 g/mol. The number of anilines is 1. The second-order valence-electron chi connectivity index (χ2n) is 6.57. The highest BCUT2D eigenvalue weighted by Crippen LogP contribution is 2.31. The molecule has 1 atom stereocenters. The van der Waals surface area contributed by atoms with Crippen LogP contribution in [-0.2, 0) is 14.9 Å². The van der Waals surface area contributed by atoms with E-state index in [1.54, 1.807) is 0 Å². The van der Waals surface area contributed by atoms with Gasteiger partial charge < -0.3 is 15.8 Å². The van der Waals surface area contributed by atoms with Crippen molar-refractivity contribution in [1.29, 1.82) is 0 Å². The Kier molecular flexibility index (Phi) is 9.49. The Balaban J connectivity index is 0.00000232. The molecule has 0 saturated heterocycles. The number of nitrogens with zero attached hydrogens (tertiary/aromatic N) is 1. The lowest BCUT2D eigenvalue weighted by Gasteiger charge is -2.31. The number of amides is 1. The van der Waals surface area contributed by atoms with E-state index in [0.717, 1.165) is 24.8 Å². The topological polar surface area (TPSA) is 77.2 Å². The maximum atomic E-state index is 10.5. The molecule has 0 radical (unpaired) electrons. The first-order chi connectivity index (χ1) is 10.8. The smallest absolute Gasteiger partial charge is 0.207 e. The Morgan fingerprint density at radius 1 is 1.22 bits per heavy atom. The van der Waals surface area contributed by atoms with Gasteiger partial charge in [0.25, 0.3) is 0 Å². The van der Waals surface area contributed by atoms with E-state index in [1.165, 1.54) is 0 Å². The van der Waals surface area contributed by atoms with E-state index in [4.69, 9.17) is 10.5 Å².